The number of ketones is 1. The Bertz CT molecular complexity index is 249. The first-order chi connectivity index (χ1) is 5.84. The lowest BCUT2D eigenvalue weighted by Gasteiger charge is -2.25. The molecule has 2 nitrogen and oxygen atoms in total. The van der Waals surface area contributed by atoms with Crippen molar-refractivity contribution in [3.05, 3.63) is 11.6 Å². The van der Waals surface area contributed by atoms with Crippen molar-refractivity contribution < 1.29 is 9.53 Å². The third-order valence-corrected chi connectivity index (χ3v) is 2.47. The molecule has 0 amide bonds. The molecule has 0 saturated heterocycles. The number of Topliss-reactive ketones (excluding diaryl/α,β-unsaturated/α-hetero) is 1. The van der Waals surface area contributed by atoms with Crippen LogP contribution in [0.2, 0.25) is 0 Å². The third-order valence-electron chi connectivity index (χ3n) is 2.47. The van der Waals surface area contributed by atoms with E-state index in [1.807, 2.05) is 19.9 Å². The van der Waals surface area contributed by atoms with Crippen molar-refractivity contribution in [1.82, 2.24) is 0 Å². The summed E-state index contributed by atoms with van der Waals surface area (Å²) in [6.45, 7) is 9.85. The van der Waals surface area contributed by atoms with Gasteiger partial charge in [0.25, 0.3) is 0 Å². The highest BCUT2D eigenvalue weighted by Gasteiger charge is 2.36. The van der Waals surface area contributed by atoms with Crippen molar-refractivity contribution in [2.75, 3.05) is 0 Å². The van der Waals surface area contributed by atoms with Crippen molar-refractivity contribution in [3.63, 3.8) is 0 Å². The number of hydrogen-bond acceptors (Lipinski definition) is 2. The molecule has 0 aromatic rings. The molecule has 0 aliphatic carbocycles. The van der Waals surface area contributed by atoms with Crippen molar-refractivity contribution in [1.29, 1.82) is 0 Å². The van der Waals surface area contributed by atoms with Crippen LogP contribution >= 0.6 is 0 Å². The fraction of sp³-hybridized carbons (Fsp3) is 0.727. The molecule has 1 aliphatic rings. The molecule has 2 heteroatoms. The van der Waals surface area contributed by atoms with Gasteiger partial charge in [0, 0.05) is 0 Å². The van der Waals surface area contributed by atoms with E-state index in [0.29, 0.717) is 5.92 Å². The molecular formula is C11H18O2. The number of rotatable bonds is 2. The maximum Gasteiger partial charge on any atom is 0.162 e. The van der Waals surface area contributed by atoms with E-state index in [0.717, 1.165) is 0 Å². The Morgan fingerprint density at radius 3 is 2.31 bits per heavy atom. The smallest absolute Gasteiger partial charge is 0.162 e. The van der Waals surface area contributed by atoms with Gasteiger partial charge >= 0.3 is 0 Å². The summed E-state index contributed by atoms with van der Waals surface area (Å²) in [6, 6.07) is 0. The molecule has 1 unspecified atom stereocenters. The number of hydrogen-bond donors (Lipinski definition) is 0. The molecule has 0 fully saturated rings. The van der Waals surface area contributed by atoms with Gasteiger partial charge in [0.2, 0.25) is 0 Å². The van der Waals surface area contributed by atoms with Gasteiger partial charge in [0.05, 0.1) is 5.60 Å². The predicted molar refractivity (Wildman–Crippen MR) is 52.6 cm³/mol. The monoisotopic (exact) mass is 182 g/mol. The lowest BCUT2D eigenvalue weighted by atomic mass is 9.90. The van der Waals surface area contributed by atoms with Crippen LogP contribution in [0.15, 0.2) is 11.6 Å². The molecule has 13 heavy (non-hydrogen) atoms. The molecule has 0 N–H and O–H groups in total. The van der Waals surface area contributed by atoms with E-state index in [1.165, 1.54) is 5.57 Å². The van der Waals surface area contributed by atoms with Gasteiger partial charge in [0.15, 0.2) is 5.78 Å². The first-order valence-electron chi connectivity index (χ1n) is 4.75. The molecule has 0 aromatic carbocycles. The van der Waals surface area contributed by atoms with E-state index in [1.54, 1.807) is 6.92 Å². The minimum Gasteiger partial charge on any atom is -0.356 e. The Labute approximate surface area is 80.0 Å². The van der Waals surface area contributed by atoms with Crippen molar-refractivity contribution >= 4 is 5.78 Å². The van der Waals surface area contributed by atoms with E-state index in [2.05, 4.69) is 13.8 Å². The van der Waals surface area contributed by atoms with Crippen LogP contribution in [0, 0.1) is 5.92 Å². The zero-order chi connectivity index (χ0) is 10.2. The minimum atomic E-state index is -0.326. The predicted octanol–water partition coefficient (Wildman–Crippen LogP) is 2.34. The quantitative estimate of drug-likeness (QED) is 0.613. The van der Waals surface area contributed by atoms with Crippen molar-refractivity contribution in [2.45, 2.75) is 46.3 Å². The SMILES string of the molecule is CC(=O)C1C=C(C(C)C)C(C)(C)O1. The Morgan fingerprint density at radius 1 is 1.54 bits per heavy atom. The van der Waals surface area contributed by atoms with Gasteiger partial charge in [-0.05, 0) is 38.3 Å². The average molecular weight is 182 g/mol. The molecule has 0 aromatic heterocycles. The number of carbonyl (C=O) groups excluding carboxylic acids is 1. The Hall–Kier alpha value is -0.630. The van der Waals surface area contributed by atoms with E-state index >= 15 is 0 Å². The van der Waals surface area contributed by atoms with Crippen molar-refractivity contribution in [3.8, 4) is 0 Å². The summed E-state index contributed by atoms with van der Waals surface area (Å²) in [7, 11) is 0. The zero-order valence-electron chi connectivity index (χ0n) is 9.05. The highest BCUT2D eigenvalue weighted by Crippen LogP contribution is 2.35. The van der Waals surface area contributed by atoms with E-state index in [4.69, 9.17) is 4.74 Å². The summed E-state index contributed by atoms with van der Waals surface area (Å²) in [6.07, 6.45) is 1.64. The highest BCUT2D eigenvalue weighted by molar-refractivity contribution is 5.83. The second-order valence-electron chi connectivity index (χ2n) is 4.44. The summed E-state index contributed by atoms with van der Waals surface area (Å²) >= 11 is 0. The maximum atomic E-state index is 11.1. The van der Waals surface area contributed by atoms with Gasteiger partial charge in [0.1, 0.15) is 6.10 Å². The minimum absolute atomic E-state index is 0.0868. The number of ether oxygens (including phenoxy) is 1. The molecule has 74 valence electrons. The summed E-state index contributed by atoms with van der Waals surface area (Å²) in [5.41, 5.74) is 0.956. The van der Waals surface area contributed by atoms with Crippen LogP contribution in [0.5, 0.6) is 0 Å². The largest absolute Gasteiger partial charge is 0.356 e. The number of carbonyl (C=O) groups is 1. The molecule has 0 bridgehead atoms. The molecule has 1 rings (SSSR count). The molecule has 1 aliphatic heterocycles. The van der Waals surface area contributed by atoms with Crippen LogP contribution in [-0.2, 0) is 9.53 Å². The van der Waals surface area contributed by atoms with Crippen LogP contribution in [0.4, 0.5) is 0 Å². The van der Waals surface area contributed by atoms with Crippen LogP contribution in [-0.4, -0.2) is 17.5 Å². The normalized spacial score (nSPS) is 26.3. The van der Waals surface area contributed by atoms with Gasteiger partial charge in [-0.2, -0.15) is 0 Å². The summed E-state index contributed by atoms with van der Waals surface area (Å²) in [4.78, 5) is 11.1. The van der Waals surface area contributed by atoms with Gasteiger partial charge < -0.3 is 4.74 Å². The van der Waals surface area contributed by atoms with Crippen molar-refractivity contribution in [2.24, 2.45) is 5.92 Å². The zero-order valence-corrected chi connectivity index (χ0v) is 9.05. The van der Waals surface area contributed by atoms with Crippen LogP contribution in [0.1, 0.15) is 34.6 Å². The Morgan fingerprint density at radius 2 is 2.08 bits per heavy atom. The average Bonchev–Trinajstić information content (AvgIpc) is 2.25. The lowest BCUT2D eigenvalue weighted by molar-refractivity contribution is -0.129. The molecule has 0 radical (unpaired) electrons. The first kappa shape index (κ1) is 10.5. The lowest BCUT2D eigenvalue weighted by Crippen LogP contribution is -2.28. The van der Waals surface area contributed by atoms with Crippen LogP contribution in [0.3, 0.4) is 0 Å². The maximum absolute atomic E-state index is 11.1. The fourth-order valence-electron chi connectivity index (χ4n) is 1.87. The Kier molecular flexibility index (Phi) is 2.62. The van der Waals surface area contributed by atoms with Gasteiger partial charge in [-0.3, -0.25) is 4.79 Å². The second kappa shape index (κ2) is 3.26. The van der Waals surface area contributed by atoms with E-state index in [-0.39, 0.29) is 17.5 Å². The van der Waals surface area contributed by atoms with Gasteiger partial charge in [-0.15, -0.1) is 0 Å². The van der Waals surface area contributed by atoms with Crippen LogP contribution < -0.4 is 0 Å². The Balaban J connectivity index is 2.91. The highest BCUT2D eigenvalue weighted by atomic mass is 16.5. The van der Waals surface area contributed by atoms with Gasteiger partial charge in [-0.1, -0.05) is 13.8 Å². The summed E-state index contributed by atoms with van der Waals surface area (Å²) in [5.74, 6) is 0.531. The molecule has 1 heterocycles. The molecule has 1 atom stereocenters. The van der Waals surface area contributed by atoms with Crippen LogP contribution in [0.25, 0.3) is 0 Å². The summed E-state index contributed by atoms with van der Waals surface area (Å²) in [5, 5.41) is 0. The standard InChI is InChI=1S/C11H18O2/c1-7(2)9-6-10(8(3)12)13-11(9,4)5/h6-7,10H,1-5H3. The molecular weight excluding hydrogens is 164 g/mol. The van der Waals surface area contributed by atoms with E-state index in [9.17, 15) is 4.79 Å². The topological polar surface area (TPSA) is 26.3 Å². The fourth-order valence-corrected chi connectivity index (χ4v) is 1.87. The molecule has 0 saturated carbocycles. The van der Waals surface area contributed by atoms with Gasteiger partial charge in [-0.25, -0.2) is 0 Å². The first-order valence-corrected chi connectivity index (χ1v) is 4.75. The second-order valence-corrected chi connectivity index (χ2v) is 4.44. The van der Waals surface area contributed by atoms with E-state index < -0.39 is 0 Å². The molecule has 0 spiro atoms. The third kappa shape index (κ3) is 1.99. The summed E-state index contributed by atoms with van der Waals surface area (Å²) < 4.78 is 5.64.